The highest BCUT2D eigenvalue weighted by Gasteiger charge is 2.18. The van der Waals surface area contributed by atoms with Gasteiger partial charge >= 0.3 is 0 Å². The maximum atomic E-state index is 5.38. The van der Waals surface area contributed by atoms with Crippen LogP contribution in [0.25, 0.3) is 10.9 Å². The molecule has 0 aliphatic carbocycles. The Bertz CT molecular complexity index is 795. The van der Waals surface area contributed by atoms with Crippen molar-refractivity contribution in [1.82, 2.24) is 15.6 Å². The minimum Gasteiger partial charge on any atom is -0.363 e. The third kappa shape index (κ3) is 3.77. The first kappa shape index (κ1) is 16.5. The normalized spacial score (nSPS) is 12.0. The van der Waals surface area contributed by atoms with Gasteiger partial charge in [0.25, 0.3) is 0 Å². The number of hydrogen-bond acceptors (Lipinski definition) is 1. The van der Waals surface area contributed by atoms with Crippen molar-refractivity contribution >= 4 is 28.2 Å². The molecule has 0 radical (unpaired) electrons. The summed E-state index contributed by atoms with van der Waals surface area (Å²) in [4.78, 5) is 3.38. The van der Waals surface area contributed by atoms with Gasteiger partial charge in [-0.3, -0.25) is 0 Å². The van der Waals surface area contributed by atoms with E-state index >= 15 is 0 Å². The van der Waals surface area contributed by atoms with Crippen LogP contribution in [0.1, 0.15) is 30.4 Å². The summed E-state index contributed by atoms with van der Waals surface area (Å²) >= 11 is 5.38. The summed E-state index contributed by atoms with van der Waals surface area (Å²) in [6, 6.07) is 19.0. The van der Waals surface area contributed by atoms with Crippen molar-refractivity contribution in [3.8, 4) is 0 Å². The highest BCUT2D eigenvalue weighted by molar-refractivity contribution is 7.80. The van der Waals surface area contributed by atoms with E-state index in [0.29, 0.717) is 0 Å². The predicted octanol–water partition coefficient (Wildman–Crippen LogP) is 4.17. The van der Waals surface area contributed by atoms with Gasteiger partial charge in [0.15, 0.2) is 5.11 Å². The summed E-state index contributed by atoms with van der Waals surface area (Å²) < 4.78 is 0. The third-order valence-electron chi connectivity index (χ3n) is 4.20. The van der Waals surface area contributed by atoms with E-state index in [1.54, 1.807) is 0 Å². The van der Waals surface area contributed by atoms with Crippen molar-refractivity contribution in [3.63, 3.8) is 0 Å². The molecule has 0 aliphatic rings. The molecule has 2 aromatic carbocycles. The van der Waals surface area contributed by atoms with Gasteiger partial charge in [0.05, 0.1) is 0 Å². The summed E-state index contributed by atoms with van der Waals surface area (Å²) in [6.45, 7) is 3.80. The number of fused-ring (bicyclic) bond motifs is 1. The van der Waals surface area contributed by atoms with Crippen LogP contribution >= 0.6 is 12.2 Å². The molecule has 0 unspecified atom stereocenters. The van der Waals surface area contributed by atoms with Gasteiger partial charge in [-0.05, 0) is 35.8 Å². The Morgan fingerprint density at radius 1 is 1.04 bits per heavy atom. The van der Waals surface area contributed by atoms with Crippen LogP contribution in [0.2, 0.25) is 0 Å². The molecule has 1 aromatic heterocycles. The smallest absolute Gasteiger partial charge is 0.166 e. The van der Waals surface area contributed by atoms with Crippen molar-refractivity contribution in [2.45, 2.75) is 19.3 Å². The quantitative estimate of drug-likeness (QED) is 0.591. The Hall–Kier alpha value is -2.33. The number of nitrogens with one attached hydrogen (secondary N) is 3. The van der Waals surface area contributed by atoms with Gasteiger partial charge in [-0.15, -0.1) is 0 Å². The van der Waals surface area contributed by atoms with Crippen LogP contribution in [0.4, 0.5) is 0 Å². The van der Waals surface area contributed by atoms with E-state index in [2.05, 4.69) is 83.3 Å². The molecule has 3 rings (SSSR count). The number of aromatic nitrogens is 1. The molecule has 0 spiro atoms. The number of aromatic amines is 1. The Morgan fingerprint density at radius 2 is 1.79 bits per heavy atom. The number of hydrogen-bond donors (Lipinski definition) is 3. The molecule has 0 aliphatic heterocycles. The monoisotopic (exact) mass is 337 g/mol. The SMILES string of the molecule is CCCNC(=S)NC[C@H](c1ccccc1)c1c[nH]c2ccccc12. The summed E-state index contributed by atoms with van der Waals surface area (Å²) in [5.41, 5.74) is 3.75. The number of H-pyrrole nitrogens is 1. The third-order valence-corrected chi connectivity index (χ3v) is 4.49. The van der Waals surface area contributed by atoms with Gasteiger partial charge in [-0.25, -0.2) is 0 Å². The standard InChI is InChI=1S/C20H23N3S/c1-2-12-21-20(24)23-13-17(15-8-4-3-5-9-15)18-14-22-19-11-7-6-10-16(18)19/h3-11,14,17,22H,2,12-13H2,1H3,(H2,21,23,24)/t17-/m1/s1. The maximum absolute atomic E-state index is 5.38. The van der Waals surface area contributed by atoms with Crippen molar-refractivity contribution in [1.29, 1.82) is 0 Å². The van der Waals surface area contributed by atoms with Crippen LogP contribution in [0.3, 0.4) is 0 Å². The summed E-state index contributed by atoms with van der Waals surface area (Å²) in [7, 11) is 0. The van der Waals surface area contributed by atoms with Gasteiger partial charge in [0, 0.05) is 36.1 Å². The molecule has 0 saturated heterocycles. The minimum atomic E-state index is 0.240. The molecule has 0 saturated carbocycles. The van der Waals surface area contributed by atoms with Crippen molar-refractivity contribution < 1.29 is 0 Å². The average molecular weight is 337 g/mol. The Kier molecular flexibility index (Phi) is 5.49. The average Bonchev–Trinajstić information content (AvgIpc) is 3.05. The molecule has 3 aromatic rings. The Labute approximate surface area is 148 Å². The van der Waals surface area contributed by atoms with E-state index < -0.39 is 0 Å². The first-order chi connectivity index (χ1) is 11.8. The molecule has 1 atom stereocenters. The minimum absolute atomic E-state index is 0.240. The van der Waals surface area contributed by atoms with E-state index in [4.69, 9.17) is 12.2 Å². The molecule has 3 N–H and O–H groups in total. The largest absolute Gasteiger partial charge is 0.363 e. The van der Waals surface area contributed by atoms with E-state index in [9.17, 15) is 0 Å². The number of rotatable bonds is 6. The van der Waals surface area contributed by atoms with Crippen LogP contribution in [0.15, 0.2) is 60.8 Å². The van der Waals surface area contributed by atoms with Crippen LogP contribution in [0.5, 0.6) is 0 Å². The number of para-hydroxylation sites is 1. The van der Waals surface area contributed by atoms with Gasteiger partial charge in [0.1, 0.15) is 0 Å². The molecular weight excluding hydrogens is 314 g/mol. The van der Waals surface area contributed by atoms with Crippen molar-refractivity contribution in [3.05, 3.63) is 71.9 Å². The van der Waals surface area contributed by atoms with Crippen molar-refractivity contribution in [2.75, 3.05) is 13.1 Å². The molecule has 0 bridgehead atoms. The lowest BCUT2D eigenvalue weighted by Crippen LogP contribution is -2.38. The second-order valence-corrected chi connectivity index (χ2v) is 6.30. The van der Waals surface area contributed by atoms with E-state index in [1.807, 2.05) is 0 Å². The zero-order valence-electron chi connectivity index (χ0n) is 13.9. The van der Waals surface area contributed by atoms with Gasteiger partial charge in [-0.1, -0.05) is 55.5 Å². The summed E-state index contributed by atoms with van der Waals surface area (Å²) in [5.74, 6) is 0.240. The highest BCUT2D eigenvalue weighted by Crippen LogP contribution is 2.30. The topological polar surface area (TPSA) is 39.8 Å². The maximum Gasteiger partial charge on any atom is 0.166 e. The predicted molar refractivity (Wildman–Crippen MR) is 105 cm³/mol. The zero-order valence-corrected chi connectivity index (χ0v) is 14.7. The van der Waals surface area contributed by atoms with Crippen LogP contribution < -0.4 is 10.6 Å². The van der Waals surface area contributed by atoms with Crippen LogP contribution in [-0.2, 0) is 0 Å². The first-order valence-corrected chi connectivity index (χ1v) is 8.83. The first-order valence-electron chi connectivity index (χ1n) is 8.42. The molecule has 24 heavy (non-hydrogen) atoms. The lowest BCUT2D eigenvalue weighted by molar-refractivity contribution is 0.737. The Morgan fingerprint density at radius 3 is 2.58 bits per heavy atom. The van der Waals surface area contributed by atoms with Crippen molar-refractivity contribution in [2.24, 2.45) is 0 Å². The van der Waals surface area contributed by atoms with E-state index in [1.165, 1.54) is 22.0 Å². The highest BCUT2D eigenvalue weighted by atomic mass is 32.1. The molecule has 124 valence electrons. The molecule has 0 amide bonds. The zero-order chi connectivity index (χ0) is 16.8. The Balaban J connectivity index is 1.87. The summed E-state index contributed by atoms with van der Waals surface area (Å²) in [5, 5.41) is 8.59. The van der Waals surface area contributed by atoms with E-state index in [0.717, 1.165) is 24.6 Å². The second-order valence-electron chi connectivity index (χ2n) is 5.89. The van der Waals surface area contributed by atoms with E-state index in [-0.39, 0.29) is 5.92 Å². The number of thiocarbonyl (C=S) groups is 1. The van der Waals surface area contributed by atoms with Gasteiger partial charge in [0.2, 0.25) is 0 Å². The molecule has 4 heteroatoms. The fraction of sp³-hybridized carbons (Fsp3) is 0.250. The van der Waals surface area contributed by atoms with Gasteiger partial charge < -0.3 is 15.6 Å². The van der Waals surface area contributed by atoms with Crippen LogP contribution in [-0.4, -0.2) is 23.2 Å². The lowest BCUT2D eigenvalue weighted by atomic mass is 9.91. The second kappa shape index (κ2) is 7.97. The molecule has 3 nitrogen and oxygen atoms in total. The molecule has 0 fully saturated rings. The van der Waals surface area contributed by atoms with Crippen LogP contribution in [0, 0.1) is 0 Å². The number of benzene rings is 2. The summed E-state index contributed by atoms with van der Waals surface area (Å²) in [6.07, 6.45) is 3.18. The fourth-order valence-corrected chi connectivity index (χ4v) is 3.16. The lowest BCUT2D eigenvalue weighted by Gasteiger charge is -2.19. The molecule has 1 heterocycles. The molecular formula is C20H23N3S. The fourth-order valence-electron chi connectivity index (χ4n) is 2.97. The van der Waals surface area contributed by atoms with Gasteiger partial charge in [-0.2, -0.15) is 0 Å².